The number of thioether (sulfide) groups is 1. The predicted molar refractivity (Wildman–Crippen MR) is 102 cm³/mol. The van der Waals surface area contributed by atoms with Gasteiger partial charge < -0.3 is 9.64 Å². The Morgan fingerprint density at radius 2 is 1.60 bits per heavy atom. The van der Waals surface area contributed by atoms with Crippen molar-refractivity contribution in [1.82, 2.24) is 4.90 Å². The van der Waals surface area contributed by atoms with E-state index in [-0.39, 0.29) is 5.24 Å². The molecule has 1 heterocycles. The summed E-state index contributed by atoms with van der Waals surface area (Å²) in [4.78, 5) is 13.6. The molecule has 1 aliphatic heterocycles. The van der Waals surface area contributed by atoms with Crippen LogP contribution in [0.1, 0.15) is 42.7 Å². The maximum atomic E-state index is 11.7. The molecule has 2 aliphatic rings. The maximum absolute atomic E-state index is 11.7. The van der Waals surface area contributed by atoms with Crippen LogP contribution in [-0.4, -0.2) is 22.4 Å². The predicted octanol–water partition coefficient (Wildman–Crippen LogP) is 5.81. The fourth-order valence-electron chi connectivity index (χ4n) is 3.66. The molecule has 0 radical (unpaired) electrons. The first-order chi connectivity index (χ1) is 12.3. The van der Waals surface area contributed by atoms with Crippen LogP contribution in [0.15, 0.2) is 48.5 Å². The van der Waals surface area contributed by atoms with E-state index in [4.69, 9.17) is 4.74 Å². The van der Waals surface area contributed by atoms with Crippen LogP contribution in [0.25, 0.3) is 0 Å². The lowest BCUT2D eigenvalue weighted by Gasteiger charge is -2.15. The first-order valence-corrected chi connectivity index (χ1v) is 10.0. The molecule has 0 bridgehead atoms. The van der Waals surface area contributed by atoms with E-state index in [1.807, 2.05) is 29.2 Å². The van der Waals surface area contributed by atoms with Gasteiger partial charge in [-0.1, -0.05) is 48.9 Å². The molecule has 2 fully saturated rings. The van der Waals surface area contributed by atoms with Crippen LogP contribution in [0, 0.1) is 0 Å². The third-order valence-corrected chi connectivity index (χ3v) is 5.98. The van der Waals surface area contributed by atoms with Crippen LogP contribution in [0.4, 0.5) is 4.79 Å². The summed E-state index contributed by atoms with van der Waals surface area (Å²) >= 11 is 1.40. The summed E-state index contributed by atoms with van der Waals surface area (Å²) in [5.41, 5.74) is 2.58. The molecular formula is C21H23NO2S. The second kappa shape index (κ2) is 7.52. The van der Waals surface area contributed by atoms with Crippen molar-refractivity contribution in [3.63, 3.8) is 0 Å². The summed E-state index contributed by atoms with van der Waals surface area (Å²) < 4.78 is 5.96. The topological polar surface area (TPSA) is 29.5 Å². The quantitative estimate of drug-likeness (QED) is 0.680. The number of hydrogen-bond acceptors (Lipinski definition) is 3. The molecule has 25 heavy (non-hydrogen) atoms. The summed E-state index contributed by atoms with van der Waals surface area (Å²) in [7, 11) is 0. The molecule has 4 heteroatoms. The lowest BCUT2D eigenvalue weighted by molar-refractivity contribution is 0.228. The number of ether oxygens (including phenoxy) is 1. The number of hydrogen-bond donors (Lipinski definition) is 0. The number of rotatable bonds is 5. The lowest BCUT2D eigenvalue weighted by Crippen LogP contribution is -2.22. The molecule has 130 valence electrons. The zero-order valence-electron chi connectivity index (χ0n) is 14.3. The van der Waals surface area contributed by atoms with Crippen molar-refractivity contribution in [3.05, 3.63) is 59.7 Å². The third-order valence-electron chi connectivity index (χ3n) is 5.08. The zero-order valence-corrected chi connectivity index (χ0v) is 15.1. The molecule has 1 amide bonds. The summed E-state index contributed by atoms with van der Waals surface area (Å²) in [6, 6.07) is 16.6. The molecule has 1 saturated heterocycles. The molecule has 0 unspecified atom stereocenters. The smallest absolute Gasteiger partial charge is 0.282 e. The minimum atomic E-state index is 0.183. The fourth-order valence-corrected chi connectivity index (χ4v) is 4.48. The van der Waals surface area contributed by atoms with E-state index in [9.17, 15) is 4.79 Å². The average molecular weight is 353 g/mol. The second-order valence-corrected chi connectivity index (χ2v) is 7.88. The van der Waals surface area contributed by atoms with E-state index in [1.165, 1.54) is 43.0 Å². The molecular weight excluding hydrogens is 330 g/mol. The average Bonchev–Trinajstić information content (AvgIpc) is 3.30. The van der Waals surface area contributed by atoms with Gasteiger partial charge in [-0.15, -0.1) is 0 Å². The molecule has 4 rings (SSSR count). The largest absolute Gasteiger partial charge is 0.457 e. The Kier molecular flexibility index (Phi) is 4.97. The van der Waals surface area contributed by atoms with Gasteiger partial charge in [-0.05, 0) is 54.2 Å². The summed E-state index contributed by atoms with van der Waals surface area (Å²) in [5, 5.41) is 0.183. The van der Waals surface area contributed by atoms with E-state index >= 15 is 0 Å². The van der Waals surface area contributed by atoms with Crippen molar-refractivity contribution in [2.24, 2.45) is 0 Å². The standard InChI is InChI=1S/C21H23NO2S/c23-21-22(13-14-25-21)15-16-5-9-19(10-6-16)24-20-11-7-18(8-12-20)17-3-1-2-4-17/h5-12,17H,1-4,13-15H2. The highest BCUT2D eigenvalue weighted by Gasteiger charge is 2.21. The van der Waals surface area contributed by atoms with Crippen molar-refractivity contribution < 1.29 is 9.53 Å². The van der Waals surface area contributed by atoms with E-state index in [2.05, 4.69) is 24.3 Å². The molecule has 0 aromatic heterocycles. The van der Waals surface area contributed by atoms with Crippen LogP contribution in [0.3, 0.4) is 0 Å². The SMILES string of the molecule is O=C1SCCN1Cc1ccc(Oc2ccc(C3CCCC3)cc2)cc1. The second-order valence-electron chi connectivity index (χ2n) is 6.83. The van der Waals surface area contributed by atoms with Crippen LogP contribution >= 0.6 is 11.8 Å². The van der Waals surface area contributed by atoms with Crippen LogP contribution < -0.4 is 4.74 Å². The third kappa shape index (κ3) is 4.01. The van der Waals surface area contributed by atoms with Gasteiger partial charge in [0.25, 0.3) is 5.24 Å². The molecule has 2 aromatic carbocycles. The summed E-state index contributed by atoms with van der Waals surface area (Å²) in [5.74, 6) is 3.34. The molecule has 0 atom stereocenters. The first kappa shape index (κ1) is 16.5. The minimum Gasteiger partial charge on any atom is -0.457 e. The monoisotopic (exact) mass is 353 g/mol. The minimum absolute atomic E-state index is 0.183. The normalized spacial score (nSPS) is 18.1. The number of nitrogens with zero attached hydrogens (tertiary/aromatic N) is 1. The number of amides is 1. The van der Waals surface area contributed by atoms with Gasteiger partial charge in [0.1, 0.15) is 11.5 Å². The van der Waals surface area contributed by atoms with Gasteiger partial charge in [0.05, 0.1) is 0 Å². The molecule has 3 nitrogen and oxygen atoms in total. The van der Waals surface area contributed by atoms with Crippen LogP contribution in [-0.2, 0) is 6.54 Å². The zero-order chi connectivity index (χ0) is 17.1. The Balaban J connectivity index is 1.36. The van der Waals surface area contributed by atoms with E-state index in [1.54, 1.807) is 0 Å². The first-order valence-electron chi connectivity index (χ1n) is 9.06. The van der Waals surface area contributed by atoms with E-state index < -0.39 is 0 Å². The Morgan fingerprint density at radius 3 is 2.20 bits per heavy atom. The van der Waals surface area contributed by atoms with Crippen molar-refractivity contribution >= 4 is 17.0 Å². The molecule has 0 N–H and O–H groups in total. The Labute approximate surface area is 153 Å². The molecule has 2 aromatic rings. The number of benzene rings is 2. The van der Waals surface area contributed by atoms with E-state index in [0.29, 0.717) is 6.54 Å². The fraction of sp³-hybridized carbons (Fsp3) is 0.381. The van der Waals surface area contributed by atoms with Crippen LogP contribution in [0.5, 0.6) is 11.5 Å². The Bertz CT molecular complexity index is 721. The van der Waals surface area contributed by atoms with Crippen molar-refractivity contribution in [2.45, 2.75) is 38.1 Å². The Morgan fingerprint density at radius 1 is 0.960 bits per heavy atom. The van der Waals surface area contributed by atoms with Gasteiger partial charge in [0.2, 0.25) is 0 Å². The van der Waals surface area contributed by atoms with Crippen molar-refractivity contribution in [1.29, 1.82) is 0 Å². The van der Waals surface area contributed by atoms with Gasteiger partial charge in [-0.3, -0.25) is 4.79 Å². The van der Waals surface area contributed by atoms with Gasteiger partial charge in [-0.2, -0.15) is 0 Å². The molecule has 1 aliphatic carbocycles. The summed E-state index contributed by atoms with van der Waals surface area (Å²) in [6.45, 7) is 1.53. The van der Waals surface area contributed by atoms with Crippen molar-refractivity contribution in [3.8, 4) is 11.5 Å². The van der Waals surface area contributed by atoms with Gasteiger partial charge >= 0.3 is 0 Å². The lowest BCUT2D eigenvalue weighted by atomic mass is 9.98. The summed E-state index contributed by atoms with van der Waals surface area (Å²) in [6.07, 6.45) is 5.35. The number of carbonyl (C=O) groups excluding carboxylic acids is 1. The van der Waals surface area contributed by atoms with Crippen molar-refractivity contribution in [2.75, 3.05) is 12.3 Å². The number of carbonyl (C=O) groups is 1. The van der Waals surface area contributed by atoms with Gasteiger partial charge in [-0.25, -0.2) is 0 Å². The van der Waals surface area contributed by atoms with E-state index in [0.717, 1.165) is 35.3 Å². The maximum Gasteiger partial charge on any atom is 0.282 e. The highest BCUT2D eigenvalue weighted by atomic mass is 32.2. The molecule has 0 spiro atoms. The van der Waals surface area contributed by atoms with Gasteiger partial charge in [0.15, 0.2) is 0 Å². The molecule has 1 saturated carbocycles. The highest BCUT2D eigenvalue weighted by molar-refractivity contribution is 8.13. The van der Waals surface area contributed by atoms with Gasteiger partial charge in [0, 0.05) is 18.8 Å². The van der Waals surface area contributed by atoms with Crippen LogP contribution in [0.2, 0.25) is 0 Å². The Hall–Kier alpha value is -1.94. The highest BCUT2D eigenvalue weighted by Crippen LogP contribution is 2.35.